The van der Waals surface area contributed by atoms with Crippen LogP contribution in [-0.2, 0) is 11.4 Å². The highest BCUT2D eigenvalue weighted by molar-refractivity contribution is 14.1. The van der Waals surface area contributed by atoms with Crippen molar-refractivity contribution in [3.8, 4) is 17.6 Å². The van der Waals surface area contributed by atoms with Crippen LogP contribution in [0.3, 0.4) is 0 Å². The molecule has 34 heavy (non-hydrogen) atoms. The first-order valence-corrected chi connectivity index (χ1v) is 11.7. The topological polar surface area (TPSA) is 71.3 Å². The third kappa shape index (κ3) is 6.35. The van der Waals surface area contributed by atoms with Crippen LogP contribution in [-0.4, -0.2) is 12.5 Å². The summed E-state index contributed by atoms with van der Waals surface area (Å²) < 4.78 is 25.6. The van der Waals surface area contributed by atoms with E-state index in [-0.39, 0.29) is 18.0 Å². The van der Waals surface area contributed by atoms with Gasteiger partial charge in [-0.3, -0.25) is 4.79 Å². The van der Waals surface area contributed by atoms with E-state index in [4.69, 9.17) is 9.47 Å². The predicted molar refractivity (Wildman–Crippen MR) is 139 cm³/mol. The quantitative estimate of drug-likeness (QED) is 0.189. The maximum atomic E-state index is 13.2. The lowest BCUT2D eigenvalue weighted by Crippen LogP contribution is -2.15. The van der Waals surface area contributed by atoms with Gasteiger partial charge in [0.05, 0.1) is 10.2 Å². The molecule has 0 bridgehead atoms. The number of hydrogen-bond acceptors (Lipinski definition) is 4. The molecule has 0 heterocycles. The van der Waals surface area contributed by atoms with Crippen LogP contribution in [0.15, 0.2) is 60.2 Å². The van der Waals surface area contributed by atoms with E-state index in [0.717, 1.165) is 20.3 Å². The third-order valence-corrected chi connectivity index (χ3v) is 5.83. The SMILES string of the molecule is CCOc1cc(/C=C(/C#N)C(=O)Nc2c(C)cccc2C)cc(I)c1OCc1ccc(F)cc1. The van der Waals surface area contributed by atoms with E-state index in [1.165, 1.54) is 18.2 Å². The van der Waals surface area contributed by atoms with E-state index in [1.807, 2.05) is 51.1 Å². The maximum absolute atomic E-state index is 13.2. The Morgan fingerprint density at radius 3 is 2.41 bits per heavy atom. The Balaban J connectivity index is 1.86. The zero-order chi connectivity index (χ0) is 24.7. The number of nitriles is 1. The molecule has 0 saturated heterocycles. The molecule has 5 nitrogen and oxygen atoms in total. The summed E-state index contributed by atoms with van der Waals surface area (Å²) in [6.07, 6.45) is 1.53. The first kappa shape index (κ1) is 25.2. The molecule has 3 rings (SSSR count). The Kier molecular flexibility index (Phi) is 8.66. The first-order chi connectivity index (χ1) is 16.3. The number of hydrogen-bond donors (Lipinski definition) is 1. The van der Waals surface area contributed by atoms with Crippen LogP contribution in [0.4, 0.5) is 10.1 Å². The lowest BCUT2D eigenvalue weighted by molar-refractivity contribution is -0.112. The van der Waals surface area contributed by atoms with E-state index >= 15 is 0 Å². The average Bonchev–Trinajstić information content (AvgIpc) is 2.80. The van der Waals surface area contributed by atoms with Gasteiger partial charge in [0.15, 0.2) is 11.5 Å². The second-order valence-electron chi connectivity index (χ2n) is 7.57. The van der Waals surface area contributed by atoms with Gasteiger partial charge < -0.3 is 14.8 Å². The van der Waals surface area contributed by atoms with Gasteiger partial charge in [-0.15, -0.1) is 0 Å². The fourth-order valence-electron chi connectivity index (χ4n) is 3.32. The van der Waals surface area contributed by atoms with Gasteiger partial charge in [0.2, 0.25) is 0 Å². The maximum Gasteiger partial charge on any atom is 0.266 e. The molecule has 1 amide bonds. The Labute approximate surface area is 212 Å². The van der Waals surface area contributed by atoms with Crippen LogP contribution in [0.1, 0.15) is 29.2 Å². The molecule has 0 aliphatic rings. The average molecular weight is 570 g/mol. The minimum absolute atomic E-state index is 0.0270. The van der Waals surface area contributed by atoms with Crippen molar-refractivity contribution in [2.75, 3.05) is 11.9 Å². The number of benzene rings is 3. The van der Waals surface area contributed by atoms with Crippen molar-refractivity contribution < 1.29 is 18.7 Å². The van der Waals surface area contributed by atoms with Crippen molar-refractivity contribution in [1.82, 2.24) is 0 Å². The zero-order valence-corrected chi connectivity index (χ0v) is 21.3. The second-order valence-corrected chi connectivity index (χ2v) is 8.73. The third-order valence-electron chi connectivity index (χ3n) is 5.02. The van der Waals surface area contributed by atoms with Crippen LogP contribution in [0, 0.1) is 34.6 Å². The molecule has 1 N–H and O–H groups in total. The molecule has 0 aliphatic heterocycles. The lowest BCUT2D eigenvalue weighted by Gasteiger charge is -2.15. The number of anilines is 1. The molecule has 0 aromatic heterocycles. The molecule has 0 saturated carbocycles. The van der Waals surface area contributed by atoms with E-state index in [1.54, 1.807) is 18.2 Å². The summed E-state index contributed by atoms with van der Waals surface area (Å²) in [7, 11) is 0. The van der Waals surface area contributed by atoms with Crippen molar-refractivity contribution in [2.24, 2.45) is 0 Å². The molecule has 0 unspecified atom stereocenters. The van der Waals surface area contributed by atoms with Crippen molar-refractivity contribution >= 4 is 40.3 Å². The number of nitrogens with one attached hydrogen (secondary N) is 1. The molecule has 0 spiro atoms. The van der Waals surface area contributed by atoms with Crippen LogP contribution in [0.5, 0.6) is 11.5 Å². The Morgan fingerprint density at radius 1 is 1.12 bits per heavy atom. The van der Waals surface area contributed by atoms with Crippen LogP contribution < -0.4 is 14.8 Å². The van der Waals surface area contributed by atoms with Crippen molar-refractivity contribution in [1.29, 1.82) is 5.26 Å². The number of aryl methyl sites for hydroxylation is 2. The lowest BCUT2D eigenvalue weighted by atomic mass is 10.1. The summed E-state index contributed by atoms with van der Waals surface area (Å²) in [6, 6.07) is 17.3. The summed E-state index contributed by atoms with van der Waals surface area (Å²) >= 11 is 2.13. The molecule has 174 valence electrons. The highest BCUT2D eigenvalue weighted by atomic mass is 127. The van der Waals surface area contributed by atoms with Gasteiger partial charge in [-0.25, -0.2) is 4.39 Å². The number of rotatable bonds is 8. The van der Waals surface area contributed by atoms with E-state index in [0.29, 0.717) is 29.4 Å². The smallest absolute Gasteiger partial charge is 0.266 e. The molecule has 0 atom stereocenters. The number of ether oxygens (including phenoxy) is 2. The Bertz CT molecular complexity index is 1240. The van der Waals surface area contributed by atoms with Crippen molar-refractivity contribution in [2.45, 2.75) is 27.4 Å². The minimum Gasteiger partial charge on any atom is -0.490 e. The van der Waals surface area contributed by atoms with Crippen LogP contribution in [0.2, 0.25) is 0 Å². The number of para-hydroxylation sites is 1. The Hall–Kier alpha value is -3.38. The summed E-state index contributed by atoms with van der Waals surface area (Å²) in [5.41, 5.74) is 3.96. The summed E-state index contributed by atoms with van der Waals surface area (Å²) in [6.45, 7) is 6.32. The fraction of sp³-hybridized carbons (Fsp3) is 0.185. The minimum atomic E-state index is -0.482. The van der Waals surface area contributed by atoms with E-state index < -0.39 is 5.91 Å². The Morgan fingerprint density at radius 2 is 1.79 bits per heavy atom. The molecule has 0 radical (unpaired) electrons. The molecule has 3 aromatic rings. The number of halogens is 2. The molecule has 0 aliphatic carbocycles. The fourth-order valence-corrected chi connectivity index (χ4v) is 4.10. The van der Waals surface area contributed by atoms with Crippen molar-refractivity contribution in [3.05, 3.63) is 91.8 Å². The van der Waals surface area contributed by atoms with Gasteiger partial charge in [0.1, 0.15) is 24.1 Å². The van der Waals surface area contributed by atoms with Crippen molar-refractivity contribution in [3.63, 3.8) is 0 Å². The highest BCUT2D eigenvalue weighted by Gasteiger charge is 2.16. The molecule has 7 heteroatoms. The van der Waals surface area contributed by atoms with Gasteiger partial charge in [0, 0.05) is 5.69 Å². The monoisotopic (exact) mass is 570 g/mol. The predicted octanol–water partition coefficient (Wildman–Crippen LogP) is 6.57. The normalized spacial score (nSPS) is 11.0. The van der Waals surface area contributed by atoms with Gasteiger partial charge in [-0.1, -0.05) is 30.3 Å². The summed E-state index contributed by atoms with van der Waals surface area (Å²) in [5.74, 6) is 0.251. The zero-order valence-electron chi connectivity index (χ0n) is 19.1. The molecular formula is C27H24FIN2O3. The number of amides is 1. The van der Waals surface area contributed by atoms with Gasteiger partial charge in [-0.2, -0.15) is 5.26 Å². The summed E-state index contributed by atoms with van der Waals surface area (Å²) in [4.78, 5) is 12.8. The molecular weight excluding hydrogens is 546 g/mol. The van der Waals surface area contributed by atoms with Crippen LogP contribution in [0.25, 0.3) is 6.08 Å². The number of nitrogens with zero attached hydrogens (tertiary/aromatic N) is 1. The van der Waals surface area contributed by atoms with E-state index in [2.05, 4.69) is 27.9 Å². The van der Waals surface area contributed by atoms with Crippen LogP contribution >= 0.6 is 22.6 Å². The molecule has 3 aromatic carbocycles. The molecule has 0 fully saturated rings. The van der Waals surface area contributed by atoms with E-state index in [9.17, 15) is 14.4 Å². The van der Waals surface area contributed by atoms with Gasteiger partial charge >= 0.3 is 0 Å². The first-order valence-electron chi connectivity index (χ1n) is 10.6. The largest absolute Gasteiger partial charge is 0.490 e. The summed E-state index contributed by atoms with van der Waals surface area (Å²) in [5, 5.41) is 12.5. The number of carbonyl (C=O) groups is 1. The number of carbonyl (C=O) groups excluding carboxylic acids is 1. The van der Waals surface area contributed by atoms with Gasteiger partial charge in [0.25, 0.3) is 5.91 Å². The van der Waals surface area contributed by atoms with Gasteiger partial charge in [-0.05, 0) is 96.0 Å². The highest BCUT2D eigenvalue weighted by Crippen LogP contribution is 2.35. The standard InChI is InChI=1S/C27H24FIN2O3/c1-4-33-24-14-20(13-23(29)26(24)34-16-19-8-10-22(28)11-9-19)12-21(15-30)27(32)31-25-17(2)6-5-7-18(25)3/h5-14H,4,16H2,1-3H3,(H,31,32)/b21-12-. The second kappa shape index (κ2) is 11.7.